The van der Waals surface area contributed by atoms with Crippen LogP contribution in [0.2, 0.25) is 0 Å². The minimum Gasteiger partial charge on any atom is -0.349 e. The van der Waals surface area contributed by atoms with Gasteiger partial charge in [-0.15, -0.1) is 0 Å². The normalized spacial score (nSPS) is 20.2. The van der Waals surface area contributed by atoms with Crippen molar-refractivity contribution >= 4 is 23.1 Å². The van der Waals surface area contributed by atoms with Crippen molar-refractivity contribution in [2.45, 2.75) is 46.0 Å². The molecule has 0 unspecified atom stereocenters. The van der Waals surface area contributed by atoms with Gasteiger partial charge in [-0.3, -0.25) is 0 Å². The van der Waals surface area contributed by atoms with Gasteiger partial charge in [-0.25, -0.2) is 4.98 Å². The zero-order valence-corrected chi connectivity index (χ0v) is 15.9. The molecular formula is C19H30N4S. The third-order valence-corrected chi connectivity index (χ3v) is 5.56. The lowest BCUT2D eigenvalue weighted by Gasteiger charge is -2.37. The fourth-order valence-corrected chi connectivity index (χ4v) is 4.21. The fourth-order valence-electron chi connectivity index (χ4n) is 3.92. The third-order valence-electron chi connectivity index (χ3n) is 5.20. The Bertz CT molecular complexity index is 540. The molecule has 132 valence electrons. The van der Waals surface area contributed by atoms with Crippen LogP contribution in [0.1, 0.15) is 43.4 Å². The number of anilines is 1. The first-order valence-electron chi connectivity index (χ1n) is 9.34. The van der Waals surface area contributed by atoms with Crippen molar-refractivity contribution in [3.63, 3.8) is 0 Å². The first kappa shape index (κ1) is 17.6. The van der Waals surface area contributed by atoms with E-state index in [-0.39, 0.29) is 0 Å². The summed E-state index contributed by atoms with van der Waals surface area (Å²) in [7, 11) is 0. The number of aryl methyl sites for hydroxylation is 2. The summed E-state index contributed by atoms with van der Waals surface area (Å²) in [6.45, 7) is 10.1. The van der Waals surface area contributed by atoms with Gasteiger partial charge >= 0.3 is 0 Å². The predicted molar refractivity (Wildman–Crippen MR) is 105 cm³/mol. The largest absolute Gasteiger partial charge is 0.349 e. The van der Waals surface area contributed by atoms with Gasteiger partial charge in [0.05, 0.1) is 0 Å². The van der Waals surface area contributed by atoms with E-state index in [1.165, 1.54) is 57.3 Å². The van der Waals surface area contributed by atoms with E-state index in [1.54, 1.807) is 0 Å². The third kappa shape index (κ3) is 4.90. The average Bonchev–Trinajstić information content (AvgIpc) is 2.55. The van der Waals surface area contributed by atoms with Crippen LogP contribution in [0.4, 0.5) is 5.82 Å². The zero-order chi connectivity index (χ0) is 16.9. The first-order chi connectivity index (χ1) is 11.6. The van der Waals surface area contributed by atoms with Crippen LogP contribution in [0.3, 0.4) is 0 Å². The SMILES string of the molecule is Cc1cc(C)nc(NC(=S)N2CCC(CN3CCCCC3)CC2)c1. The summed E-state index contributed by atoms with van der Waals surface area (Å²) in [4.78, 5) is 9.50. The Labute approximate surface area is 151 Å². The van der Waals surface area contributed by atoms with E-state index < -0.39 is 0 Å². The topological polar surface area (TPSA) is 31.4 Å². The number of piperidine rings is 2. The van der Waals surface area contributed by atoms with E-state index in [9.17, 15) is 0 Å². The maximum atomic E-state index is 5.61. The van der Waals surface area contributed by atoms with Crippen LogP contribution in [-0.4, -0.2) is 52.6 Å². The minimum atomic E-state index is 0.823. The van der Waals surface area contributed by atoms with E-state index in [1.807, 2.05) is 6.92 Å². The molecule has 1 aromatic heterocycles. The summed E-state index contributed by atoms with van der Waals surface area (Å²) in [5, 5.41) is 4.15. The molecule has 3 rings (SSSR count). The summed E-state index contributed by atoms with van der Waals surface area (Å²) >= 11 is 5.61. The molecule has 2 fully saturated rings. The van der Waals surface area contributed by atoms with E-state index in [2.05, 4.69) is 39.2 Å². The molecule has 24 heavy (non-hydrogen) atoms. The lowest BCUT2D eigenvalue weighted by Crippen LogP contribution is -2.44. The van der Waals surface area contributed by atoms with E-state index in [4.69, 9.17) is 12.2 Å². The second-order valence-electron chi connectivity index (χ2n) is 7.39. The van der Waals surface area contributed by atoms with Crippen LogP contribution >= 0.6 is 12.2 Å². The van der Waals surface area contributed by atoms with Crippen LogP contribution in [0.5, 0.6) is 0 Å². The van der Waals surface area contributed by atoms with Gasteiger partial charge in [-0.2, -0.15) is 0 Å². The molecule has 0 aromatic carbocycles. The zero-order valence-electron chi connectivity index (χ0n) is 15.1. The van der Waals surface area contributed by atoms with Crippen molar-refractivity contribution in [1.29, 1.82) is 0 Å². The van der Waals surface area contributed by atoms with Crippen molar-refractivity contribution < 1.29 is 0 Å². The summed E-state index contributed by atoms with van der Waals surface area (Å²) in [6.07, 6.45) is 6.68. The van der Waals surface area contributed by atoms with Crippen LogP contribution in [0.25, 0.3) is 0 Å². The van der Waals surface area contributed by atoms with Gasteiger partial charge in [-0.05, 0) is 88.5 Å². The van der Waals surface area contributed by atoms with Crippen molar-refractivity contribution in [3.05, 3.63) is 23.4 Å². The highest BCUT2D eigenvalue weighted by molar-refractivity contribution is 7.80. The molecule has 0 atom stereocenters. The molecule has 0 saturated carbocycles. The van der Waals surface area contributed by atoms with Crippen molar-refractivity contribution in [2.75, 3.05) is 38.0 Å². The van der Waals surface area contributed by atoms with Crippen LogP contribution < -0.4 is 5.32 Å². The highest BCUT2D eigenvalue weighted by atomic mass is 32.1. The second kappa shape index (κ2) is 8.26. The monoisotopic (exact) mass is 346 g/mol. The van der Waals surface area contributed by atoms with Gasteiger partial charge in [0.15, 0.2) is 5.11 Å². The molecule has 0 aliphatic carbocycles. The maximum absolute atomic E-state index is 5.61. The number of thiocarbonyl (C=S) groups is 1. The highest BCUT2D eigenvalue weighted by Crippen LogP contribution is 2.21. The summed E-state index contributed by atoms with van der Waals surface area (Å²) in [6, 6.07) is 4.14. The first-order valence-corrected chi connectivity index (χ1v) is 9.74. The molecule has 1 aromatic rings. The Hall–Kier alpha value is -1.20. The van der Waals surface area contributed by atoms with Crippen molar-refractivity contribution in [2.24, 2.45) is 5.92 Å². The quantitative estimate of drug-likeness (QED) is 0.846. The van der Waals surface area contributed by atoms with Gasteiger partial charge in [-0.1, -0.05) is 6.42 Å². The predicted octanol–water partition coefficient (Wildman–Crippen LogP) is 3.59. The fraction of sp³-hybridized carbons (Fsp3) is 0.684. The Morgan fingerprint density at radius 3 is 2.50 bits per heavy atom. The Balaban J connectivity index is 1.46. The summed E-state index contributed by atoms with van der Waals surface area (Å²) in [5.41, 5.74) is 2.24. The Kier molecular flexibility index (Phi) is 6.06. The number of likely N-dealkylation sites (tertiary alicyclic amines) is 2. The van der Waals surface area contributed by atoms with Gasteiger partial charge < -0.3 is 15.1 Å². The number of hydrogen-bond donors (Lipinski definition) is 1. The lowest BCUT2D eigenvalue weighted by atomic mass is 9.95. The number of pyridine rings is 1. The number of nitrogens with zero attached hydrogens (tertiary/aromatic N) is 3. The van der Waals surface area contributed by atoms with E-state index >= 15 is 0 Å². The minimum absolute atomic E-state index is 0.823. The molecule has 2 aliphatic rings. The second-order valence-corrected chi connectivity index (χ2v) is 7.78. The van der Waals surface area contributed by atoms with Gasteiger partial charge in [0.2, 0.25) is 0 Å². The maximum Gasteiger partial charge on any atom is 0.174 e. The average molecular weight is 347 g/mol. The molecule has 0 amide bonds. The summed E-state index contributed by atoms with van der Waals surface area (Å²) in [5.74, 6) is 1.70. The van der Waals surface area contributed by atoms with Crippen LogP contribution in [0.15, 0.2) is 12.1 Å². The number of nitrogens with one attached hydrogen (secondary N) is 1. The Morgan fingerprint density at radius 1 is 1.12 bits per heavy atom. The summed E-state index contributed by atoms with van der Waals surface area (Å²) < 4.78 is 0. The molecule has 0 radical (unpaired) electrons. The molecule has 5 heteroatoms. The smallest absolute Gasteiger partial charge is 0.174 e. The van der Waals surface area contributed by atoms with Gasteiger partial charge in [0, 0.05) is 25.3 Å². The molecule has 2 saturated heterocycles. The molecule has 1 N–H and O–H groups in total. The van der Waals surface area contributed by atoms with E-state index in [0.717, 1.165) is 35.6 Å². The molecular weight excluding hydrogens is 316 g/mol. The number of hydrogen-bond acceptors (Lipinski definition) is 3. The number of aromatic nitrogens is 1. The molecule has 3 heterocycles. The number of rotatable bonds is 3. The van der Waals surface area contributed by atoms with Crippen molar-refractivity contribution in [3.8, 4) is 0 Å². The molecule has 0 spiro atoms. The van der Waals surface area contributed by atoms with Crippen LogP contribution in [-0.2, 0) is 0 Å². The molecule has 2 aliphatic heterocycles. The van der Waals surface area contributed by atoms with Crippen molar-refractivity contribution in [1.82, 2.24) is 14.8 Å². The van der Waals surface area contributed by atoms with Crippen LogP contribution in [0, 0.1) is 19.8 Å². The van der Waals surface area contributed by atoms with Gasteiger partial charge in [0.25, 0.3) is 0 Å². The Morgan fingerprint density at radius 2 is 1.83 bits per heavy atom. The van der Waals surface area contributed by atoms with Gasteiger partial charge in [0.1, 0.15) is 5.82 Å². The molecule has 4 nitrogen and oxygen atoms in total. The van der Waals surface area contributed by atoms with E-state index in [0.29, 0.717) is 0 Å². The molecule has 0 bridgehead atoms. The lowest BCUT2D eigenvalue weighted by molar-refractivity contribution is 0.159. The highest BCUT2D eigenvalue weighted by Gasteiger charge is 2.23. The standard InChI is InChI=1S/C19H30N4S/c1-15-12-16(2)20-18(13-15)21-19(24)23-10-6-17(7-11-23)14-22-8-4-3-5-9-22/h12-13,17H,3-11,14H2,1-2H3,(H,20,21,24).